The predicted octanol–water partition coefficient (Wildman–Crippen LogP) is 0.267. The van der Waals surface area contributed by atoms with Crippen molar-refractivity contribution >= 4 is 25.0 Å². The molecule has 0 aromatic heterocycles. The lowest BCUT2D eigenvalue weighted by Crippen LogP contribution is -2.48. The van der Waals surface area contributed by atoms with Crippen LogP contribution in [0.3, 0.4) is 0 Å². The molecule has 7 nitrogen and oxygen atoms in total. The van der Waals surface area contributed by atoms with Gasteiger partial charge in [-0.25, -0.2) is 0 Å². The first-order valence-corrected chi connectivity index (χ1v) is 6.39. The standard InChI is InChI=1S/C12H16BN3O4/c1-20-12-8-10(2-3-11(12)16(18)19)14-4-6-15(7-5-14)13-9-17/h2-3,8-9,13H,4-7H2,1H3. The lowest BCUT2D eigenvalue weighted by atomic mass is 9.93. The number of hydrogen-bond acceptors (Lipinski definition) is 6. The number of ether oxygens (including phenoxy) is 1. The van der Waals surface area contributed by atoms with E-state index in [1.165, 1.54) is 13.2 Å². The quantitative estimate of drug-likeness (QED) is 0.333. The molecular formula is C12H16BN3O4. The van der Waals surface area contributed by atoms with Crippen LogP contribution in [0.5, 0.6) is 5.75 Å². The molecule has 1 saturated heterocycles. The molecule has 0 atom stereocenters. The van der Waals surface area contributed by atoms with Crippen molar-refractivity contribution in [3.63, 3.8) is 0 Å². The number of rotatable bonds is 5. The van der Waals surface area contributed by atoms with Gasteiger partial charge in [-0.1, -0.05) is 0 Å². The van der Waals surface area contributed by atoms with E-state index in [1.54, 1.807) is 12.1 Å². The van der Waals surface area contributed by atoms with Gasteiger partial charge in [0.15, 0.2) is 5.75 Å². The van der Waals surface area contributed by atoms with Gasteiger partial charge < -0.3 is 19.2 Å². The maximum absolute atomic E-state index is 10.9. The van der Waals surface area contributed by atoms with Crippen LogP contribution in [0.1, 0.15) is 0 Å². The summed E-state index contributed by atoms with van der Waals surface area (Å²) < 4.78 is 5.07. The lowest BCUT2D eigenvalue weighted by molar-refractivity contribution is -0.385. The van der Waals surface area contributed by atoms with Gasteiger partial charge in [-0.15, -0.1) is 0 Å². The van der Waals surface area contributed by atoms with Gasteiger partial charge >= 0.3 is 5.69 Å². The van der Waals surface area contributed by atoms with Crippen LogP contribution in [0.2, 0.25) is 0 Å². The van der Waals surface area contributed by atoms with E-state index in [0.29, 0.717) is 7.41 Å². The number of nitro groups is 1. The second-order valence-electron chi connectivity index (χ2n) is 4.57. The average molecular weight is 277 g/mol. The molecule has 0 aliphatic carbocycles. The molecular weight excluding hydrogens is 261 g/mol. The predicted molar refractivity (Wildman–Crippen MR) is 77.3 cm³/mol. The van der Waals surface area contributed by atoms with Crippen molar-refractivity contribution in [1.82, 2.24) is 4.81 Å². The minimum atomic E-state index is -0.454. The van der Waals surface area contributed by atoms with Crippen LogP contribution in [0.25, 0.3) is 0 Å². The van der Waals surface area contributed by atoms with Crippen LogP contribution in [0.15, 0.2) is 18.2 Å². The largest absolute Gasteiger partial charge is 0.490 e. The summed E-state index contributed by atoms with van der Waals surface area (Å²) in [5.41, 5.74) is 0.869. The number of nitro benzene ring substituents is 1. The SMILES string of the molecule is COc1cc(N2CCN(BC=O)CC2)ccc1[N+](=O)[O-]. The number of carbonyl (C=O) groups is 1. The Labute approximate surface area is 117 Å². The number of nitrogens with zero attached hydrogens (tertiary/aromatic N) is 3. The Kier molecular flexibility index (Phi) is 4.57. The molecule has 0 saturated carbocycles. The first-order valence-electron chi connectivity index (χ1n) is 6.39. The van der Waals surface area contributed by atoms with Crippen molar-refractivity contribution in [2.24, 2.45) is 0 Å². The Bertz CT molecular complexity index is 503. The summed E-state index contributed by atoms with van der Waals surface area (Å²) in [5, 5.41) is 10.9. The molecule has 1 aromatic carbocycles. The fourth-order valence-electron chi connectivity index (χ4n) is 2.31. The molecule has 1 heterocycles. The van der Waals surface area contributed by atoms with Gasteiger partial charge in [-0.3, -0.25) is 10.1 Å². The van der Waals surface area contributed by atoms with E-state index in [-0.39, 0.29) is 11.4 Å². The summed E-state index contributed by atoms with van der Waals surface area (Å²) in [5.74, 6) is 0.267. The third-order valence-electron chi connectivity index (χ3n) is 3.43. The van der Waals surface area contributed by atoms with Crippen LogP contribution in [-0.2, 0) is 4.79 Å². The van der Waals surface area contributed by atoms with Crippen LogP contribution >= 0.6 is 0 Å². The van der Waals surface area contributed by atoms with E-state index in [0.717, 1.165) is 38.1 Å². The van der Waals surface area contributed by atoms with Gasteiger partial charge in [0.05, 0.1) is 18.2 Å². The zero-order valence-electron chi connectivity index (χ0n) is 11.3. The van der Waals surface area contributed by atoms with Crippen molar-refractivity contribution in [2.75, 3.05) is 38.2 Å². The normalized spacial score (nSPS) is 15.8. The molecule has 1 aromatic rings. The Morgan fingerprint density at radius 2 is 2.05 bits per heavy atom. The molecule has 0 amide bonds. The highest BCUT2D eigenvalue weighted by Crippen LogP contribution is 2.31. The zero-order chi connectivity index (χ0) is 14.5. The Hall–Kier alpha value is -2.09. The van der Waals surface area contributed by atoms with Gasteiger partial charge in [0.1, 0.15) is 0 Å². The van der Waals surface area contributed by atoms with E-state index in [2.05, 4.69) is 9.71 Å². The van der Waals surface area contributed by atoms with E-state index >= 15 is 0 Å². The maximum Gasteiger partial charge on any atom is 0.311 e. The second kappa shape index (κ2) is 6.38. The lowest BCUT2D eigenvalue weighted by Gasteiger charge is -2.35. The Balaban J connectivity index is 2.10. The first kappa shape index (κ1) is 14.3. The number of benzene rings is 1. The maximum atomic E-state index is 10.9. The molecule has 0 bridgehead atoms. The smallest absolute Gasteiger partial charge is 0.311 e. The molecule has 8 heteroatoms. The van der Waals surface area contributed by atoms with Crippen LogP contribution in [-0.4, -0.2) is 56.6 Å². The van der Waals surface area contributed by atoms with Crippen molar-refractivity contribution in [2.45, 2.75) is 0 Å². The molecule has 0 unspecified atom stereocenters. The number of hydrogen-bond donors (Lipinski definition) is 0. The molecule has 1 fully saturated rings. The highest BCUT2D eigenvalue weighted by atomic mass is 16.6. The zero-order valence-corrected chi connectivity index (χ0v) is 11.3. The Morgan fingerprint density at radius 3 is 2.60 bits per heavy atom. The third-order valence-corrected chi connectivity index (χ3v) is 3.43. The topological polar surface area (TPSA) is 75.9 Å². The molecule has 106 valence electrons. The fraction of sp³-hybridized carbons (Fsp3) is 0.417. The molecule has 0 radical (unpaired) electrons. The summed E-state index contributed by atoms with van der Waals surface area (Å²) in [6, 6.07) is 4.88. The molecule has 1 aliphatic rings. The molecule has 2 rings (SSSR count). The molecule has 0 spiro atoms. The van der Waals surface area contributed by atoms with Gasteiger partial charge in [-0.2, -0.15) is 0 Å². The second-order valence-corrected chi connectivity index (χ2v) is 4.57. The molecule has 20 heavy (non-hydrogen) atoms. The number of methoxy groups -OCH3 is 1. The van der Waals surface area contributed by atoms with E-state index in [1.807, 2.05) is 0 Å². The van der Waals surface area contributed by atoms with Gasteiger partial charge in [0.2, 0.25) is 0 Å². The van der Waals surface area contributed by atoms with E-state index < -0.39 is 4.92 Å². The van der Waals surface area contributed by atoms with Crippen molar-refractivity contribution in [1.29, 1.82) is 0 Å². The number of piperazine rings is 1. The monoisotopic (exact) mass is 277 g/mol. The van der Waals surface area contributed by atoms with Gasteiger partial charge in [0.25, 0.3) is 7.41 Å². The minimum absolute atomic E-state index is 0.0316. The molecule has 1 aliphatic heterocycles. The highest BCUT2D eigenvalue weighted by Gasteiger charge is 2.20. The summed E-state index contributed by atoms with van der Waals surface area (Å²) >= 11 is 0. The first-order chi connectivity index (χ1) is 9.65. The average Bonchev–Trinajstić information content (AvgIpc) is 2.47. The van der Waals surface area contributed by atoms with Gasteiger partial charge in [0, 0.05) is 44.0 Å². The van der Waals surface area contributed by atoms with Crippen molar-refractivity contribution in [3.8, 4) is 5.75 Å². The molecule has 0 N–H and O–H groups in total. The number of anilines is 1. The van der Waals surface area contributed by atoms with Crippen LogP contribution < -0.4 is 9.64 Å². The van der Waals surface area contributed by atoms with E-state index in [9.17, 15) is 14.9 Å². The summed E-state index contributed by atoms with van der Waals surface area (Å²) in [4.78, 5) is 25.1. The van der Waals surface area contributed by atoms with Gasteiger partial charge in [-0.05, 0) is 6.07 Å². The summed E-state index contributed by atoms with van der Waals surface area (Å²) in [6.07, 6.45) is 0.907. The van der Waals surface area contributed by atoms with Crippen LogP contribution in [0, 0.1) is 10.1 Å². The number of carbonyl (C=O) groups excluding carboxylic acids is 1. The summed E-state index contributed by atoms with van der Waals surface area (Å²) in [6.45, 7) is 3.18. The van der Waals surface area contributed by atoms with Crippen LogP contribution in [0.4, 0.5) is 11.4 Å². The highest BCUT2D eigenvalue weighted by molar-refractivity contribution is 6.64. The van der Waals surface area contributed by atoms with E-state index in [4.69, 9.17) is 4.74 Å². The van der Waals surface area contributed by atoms with Crippen molar-refractivity contribution in [3.05, 3.63) is 28.3 Å². The Morgan fingerprint density at radius 1 is 1.35 bits per heavy atom. The summed E-state index contributed by atoms with van der Waals surface area (Å²) in [7, 11) is 1.88. The third kappa shape index (κ3) is 3.08. The minimum Gasteiger partial charge on any atom is -0.490 e. The fourth-order valence-corrected chi connectivity index (χ4v) is 2.31. The van der Waals surface area contributed by atoms with Crippen molar-refractivity contribution < 1.29 is 14.5 Å².